The molecule has 112 valence electrons. The first-order valence-corrected chi connectivity index (χ1v) is 6.45. The Morgan fingerprint density at radius 2 is 1.24 bits per heavy atom. The van der Waals surface area contributed by atoms with Crippen LogP contribution in [0.4, 0.5) is 0 Å². The molecule has 2 heterocycles. The van der Waals surface area contributed by atoms with E-state index in [0.717, 1.165) is 11.4 Å². The van der Waals surface area contributed by atoms with Gasteiger partial charge in [-0.05, 0) is 38.1 Å². The first-order chi connectivity index (χ1) is 9.90. The summed E-state index contributed by atoms with van der Waals surface area (Å²) in [7, 11) is 2.67. The number of carbonyl (C=O) groups excluding carboxylic acids is 2. The van der Waals surface area contributed by atoms with Crippen molar-refractivity contribution >= 4 is 11.9 Å². The van der Waals surface area contributed by atoms with E-state index < -0.39 is 17.4 Å². The molecule has 2 aromatic heterocycles. The fourth-order valence-corrected chi connectivity index (χ4v) is 2.12. The predicted molar refractivity (Wildman–Crippen MR) is 76.4 cm³/mol. The second-order valence-corrected chi connectivity index (χ2v) is 5.18. The van der Waals surface area contributed by atoms with Gasteiger partial charge in [-0.2, -0.15) is 0 Å². The van der Waals surface area contributed by atoms with E-state index in [-0.39, 0.29) is 0 Å². The Balaban J connectivity index is 2.32. The molecule has 0 spiro atoms. The van der Waals surface area contributed by atoms with Crippen LogP contribution >= 0.6 is 0 Å². The van der Waals surface area contributed by atoms with Crippen LogP contribution in [0.25, 0.3) is 0 Å². The summed E-state index contributed by atoms with van der Waals surface area (Å²) in [5, 5.41) is 0. The van der Waals surface area contributed by atoms with E-state index in [1.807, 2.05) is 26.0 Å². The molecule has 0 bridgehead atoms. The van der Waals surface area contributed by atoms with Crippen LogP contribution in [-0.2, 0) is 14.9 Å². The number of H-pyrrole nitrogens is 2. The molecule has 21 heavy (non-hydrogen) atoms. The maximum atomic E-state index is 11.5. The van der Waals surface area contributed by atoms with E-state index in [2.05, 4.69) is 19.4 Å². The summed E-state index contributed by atoms with van der Waals surface area (Å²) in [5.41, 5.74) is 2.02. The van der Waals surface area contributed by atoms with Crippen molar-refractivity contribution < 1.29 is 19.1 Å². The normalized spacial score (nSPS) is 11.2. The number of carbonyl (C=O) groups is 2. The molecule has 0 amide bonds. The molecule has 0 saturated carbocycles. The van der Waals surface area contributed by atoms with Crippen molar-refractivity contribution in [2.45, 2.75) is 19.3 Å². The predicted octanol–water partition coefficient (Wildman–Crippen LogP) is 2.24. The van der Waals surface area contributed by atoms with Crippen LogP contribution in [0, 0.1) is 0 Å². The van der Waals surface area contributed by atoms with E-state index in [1.165, 1.54) is 14.2 Å². The molecule has 0 saturated heterocycles. The smallest absolute Gasteiger partial charge is 0.354 e. The second kappa shape index (κ2) is 5.47. The molecule has 0 atom stereocenters. The quantitative estimate of drug-likeness (QED) is 0.846. The number of rotatable bonds is 4. The molecule has 0 fully saturated rings. The average Bonchev–Trinajstić information content (AvgIpc) is 3.14. The number of hydrogen-bond donors (Lipinski definition) is 2. The summed E-state index contributed by atoms with van der Waals surface area (Å²) < 4.78 is 9.36. The molecule has 6 heteroatoms. The molecule has 0 aliphatic rings. The Morgan fingerprint density at radius 1 is 0.857 bits per heavy atom. The fraction of sp³-hybridized carbons (Fsp3) is 0.333. The Morgan fingerprint density at radius 3 is 1.57 bits per heavy atom. The van der Waals surface area contributed by atoms with Crippen LogP contribution in [-0.4, -0.2) is 36.1 Å². The van der Waals surface area contributed by atoms with Crippen LogP contribution in [0.1, 0.15) is 46.2 Å². The van der Waals surface area contributed by atoms with Crippen LogP contribution in [0.3, 0.4) is 0 Å². The minimum Gasteiger partial charge on any atom is -0.464 e. The van der Waals surface area contributed by atoms with Gasteiger partial charge < -0.3 is 19.4 Å². The van der Waals surface area contributed by atoms with E-state index in [4.69, 9.17) is 0 Å². The molecule has 0 radical (unpaired) electrons. The summed E-state index contributed by atoms with van der Waals surface area (Å²) in [5.74, 6) is -0.836. The number of nitrogens with one attached hydrogen (secondary N) is 2. The van der Waals surface area contributed by atoms with Crippen LogP contribution in [0.15, 0.2) is 24.3 Å². The highest BCUT2D eigenvalue weighted by Crippen LogP contribution is 2.30. The zero-order valence-corrected chi connectivity index (χ0v) is 12.4. The Hall–Kier alpha value is -2.50. The molecular weight excluding hydrogens is 272 g/mol. The van der Waals surface area contributed by atoms with Crippen molar-refractivity contribution in [1.29, 1.82) is 0 Å². The lowest BCUT2D eigenvalue weighted by molar-refractivity contribution is 0.0586. The van der Waals surface area contributed by atoms with Crippen LogP contribution in [0.2, 0.25) is 0 Å². The van der Waals surface area contributed by atoms with Gasteiger partial charge in [0.25, 0.3) is 0 Å². The van der Waals surface area contributed by atoms with Gasteiger partial charge in [0.05, 0.1) is 14.2 Å². The monoisotopic (exact) mass is 290 g/mol. The Kier molecular flexibility index (Phi) is 3.88. The molecule has 0 unspecified atom stereocenters. The largest absolute Gasteiger partial charge is 0.464 e. The number of esters is 2. The Labute approximate surface area is 122 Å². The molecular formula is C15H18N2O4. The maximum Gasteiger partial charge on any atom is 0.354 e. The summed E-state index contributed by atoms with van der Waals surface area (Å²) in [6, 6.07) is 7.00. The highest BCUT2D eigenvalue weighted by molar-refractivity contribution is 5.88. The fourth-order valence-electron chi connectivity index (χ4n) is 2.12. The number of ether oxygens (including phenoxy) is 2. The molecule has 0 aliphatic heterocycles. The van der Waals surface area contributed by atoms with Crippen molar-refractivity contribution in [1.82, 2.24) is 9.97 Å². The molecule has 6 nitrogen and oxygen atoms in total. The minimum absolute atomic E-state index is 0.389. The summed E-state index contributed by atoms with van der Waals surface area (Å²) in [6.45, 7) is 3.96. The first-order valence-electron chi connectivity index (χ1n) is 6.45. The van der Waals surface area contributed by atoms with Gasteiger partial charge in [0.2, 0.25) is 0 Å². The number of aromatic amines is 2. The third-order valence-corrected chi connectivity index (χ3v) is 3.53. The lowest BCUT2D eigenvalue weighted by atomic mass is 9.86. The van der Waals surface area contributed by atoms with E-state index in [9.17, 15) is 9.59 Å². The van der Waals surface area contributed by atoms with Crippen molar-refractivity contribution in [3.63, 3.8) is 0 Å². The highest BCUT2D eigenvalue weighted by atomic mass is 16.5. The number of methoxy groups -OCH3 is 2. The SMILES string of the molecule is COC(=O)c1ccc(C(C)(C)c2ccc(C(=O)OC)[nH]2)[nH]1. The summed E-state index contributed by atoms with van der Waals surface area (Å²) >= 11 is 0. The first kappa shape index (κ1) is 14.9. The highest BCUT2D eigenvalue weighted by Gasteiger charge is 2.28. The van der Waals surface area contributed by atoms with Crippen molar-refractivity contribution in [3.05, 3.63) is 47.0 Å². The van der Waals surface area contributed by atoms with Gasteiger partial charge in [0.15, 0.2) is 0 Å². The molecule has 0 aliphatic carbocycles. The number of hydrogen-bond acceptors (Lipinski definition) is 4. The van der Waals surface area contributed by atoms with E-state index >= 15 is 0 Å². The standard InChI is InChI=1S/C15H18N2O4/c1-15(2,11-7-5-9(16-11)13(18)20-3)12-8-6-10(17-12)14(19)21-4/h5-8,16-17H,1-4H3. The summed E-state index contributed by atoms with van der Waals surface area (Å²) in [6.07, 6.45) is 0. The number of aromatic nitrogens is 2. The lowest BCUT2D eigenvalue weighted by Crippen LogP contribution is -2.20. The topological polar surface area (TPSA) is 84.2 Å². The van der Waals surface area contributed by atoms with Gasteiger partial charge in [-0.1, -0.05) is 0 Å². The Bertz CT molecular complexity index is 611. The van der Waals surface area contributed by atoms with Gasteiger partial charge in [0.1, 0.15) is 11.4 Å². The van der Waals surface area contributed by atoms with Crippen molar-refractivity contribution in [2.75, 3.05) is 14.2 Å². The molecule has 2 N–H and O–H groups in total. The van der Waals surface area contributed by atoms with Crippen LogP contribution < -0.4 is 0 Å². The van der Waals surface area contributed by atoms with Gasteiger partial charge >= 0.3 is 11.9 Å². The molecule has 2 rings (SSSR count). The molecule has 2 aromatic rings. The van der Waals surface area contributed by atoms with E-state index in [1.54, 1.807) is 12.1 Å². The van der Waals surface area contributed by atoms with Gasteiger partial charge in [-0.15, -0.1) is 0 Å². The zero-order chi connectivity index (χ0) is 15.6. The maximum absolute atomic E-state index is 11.5. The average molecular weight is 290 g/mol. The molecule has 0 aromatic carbocycles. The third-order valence-electron chi connectivity index (χ3n) is 3.53. The minimum atomic E-state index is -0.432. The van der Waals surface area contributed by atoms with E-state index in [0.29, 0.717) is 11.4 Å². The summed E-state index contributed by atoms with van der Waals surface area (Å²) in [4.78, 5) is 29.1. The van der Waals surface area contributed by atoms with Gasteiger partial charge in [0, 0.05) is 16.8 Å². The van der Waals surface area contributed by atoms with Crippen molar-refractivity contribution in [2.24, 2.45) is 0 Å². The second-order valence-electron chi connectivity index (χ2n) is 5.18. The van der Waals surface area contributed by atoms with Gasteiger partial charge in [-0.25, -0.2) is 9.59 Å². The lowest BCUT2D eigenvalue weighted by Gasteiger charge is -2.22. The van der Waals surface area contributed by atoms with Gasteiger partial charge in [-0.3, -0.25) is 0 Å². The van der Waals surface area contributed by atoms with Crippen molar-refractivity contribution in [3.8, 4) is 0 Å². The third kappa shape index (κ3) is 2.69. The zero-order valence-electron chi connectivity index (χ0n) is 12.4. The van der Waals surface area contributed by atoms with Crippen LogP contribution in [0.5, 0.6) is 0 Å².